The Bertz CT molecular complexity index is 635. The second-order valence-corrected chi connectivity index (χ2v) is 4.43. The Morgan fingerprint density at radius 1 is 1.50 bits per heavy atom. The van der Waals surface area contributed by atoms with E-state index in [4.69, 9.17) is 5.73 Å². The van der Waals surface area contributed by atoms with E-state index in [-0.39, 0.29) is 22.7 Å². The molecule has 0 spiro atoms. The van der Waals surface area contributed by atoms with Gasteiger partial charge in [-0.05, 0) is 18.2 Å². The number of halogens is 1. The third-order valence-corrected chi connectivity index (χ3v) is 2.99. The average molecular weight is 267 g/mol. The van der Waals surface area contributed by atoms with Crippen molar-refractivity contribution >= 4 is 22.9 Å². The molecule has 4 N–H and O–H groups in total. The van der Waals surface area contributed by atoms with Crippen LogP contribution in [0.4, 0.5) is 10.1 Å². The summed E-state index contributed by atoms with van der Waals surface area (Å²) in [5.74, 6) is -0.911. The van der Waals surface area contributed by atoms with E-state index < -0.39 is 11.7 Å². The summed E-state index contributed by atoms with van der Waals surface area (Å²) in [6, 6.07) is 3.56. The Balaban J connectivity index is 2.06. The summed E-state index contributed by atoms with van der Waals surface area (Å²) in [6.45, 7) is 0.189. The zero-order chi connectivity index (χ0) is 13.1. The monoisotopic (exact) mass is 267 g/mol. The van der Waals surface area contributed by atoms with Gasteiger partial charge in [-0.15, -0.1) is 0 Å². The van der Waals surface area contributed by atoms with Gasteiger partial charge in [0.1, 0.15) is 5.82 Å². The number of aromatic amines is 1. The number of H-pyrrole nitrogens is 1. The highest BCUT2D eigenvalue weighted by Gasteiger charge is 2.10. The van der Waals surface area contributed by atoms with Gasteiger partial charge in [0.05, 0.1) is 12.1 Å². The lowest BCUT2D eigenvalue weighted by Crippen LogP contribution is -2.24. The van der Waals surface area contributed by atoms with Crippen LogP contribution in [0.2, 0.25) is 0 Å². The molecule has 2 rings (SSSR count). The Kier molecular flexibility index (Phi) is 3.42. The molecule has 0 saturated carbocycles. The fourth-order valence-electron chi connectivity index (χ4n) is 1.41. The largest absolute Gasteiger partial charge is 0.398 e. The van der Waals surface area contributed by atoms with E-state index in [1.54, 1.807) is 5.38 Å². The van der Waals surface area contributed by atoms with Gasteiger partial charge in [-0.2, -0.15) is 0 Å². The first-order chi connectivity index (χ1) is 8.56. The van der Waals surface area contributed by atoms with Gasteiger partial charge in [0, 0.05) is 16.8 Å². The van der Waals surface area contributed by atoms with E-state index in [0.29, 0.717) is 5.69 Å². The van der Waals surface area contributed by atoms with Crippen LogP contribution in [0.25, 0.3) is 0 Å². The minimum atomic E-state index is -0.494. The van der Waals surface area contributed by atoms with Crippen LogP contribution in [-0.2, 0) is 6.54 Å². The Labute approximate surface area is 105 Å². The molecule has 0 aliphatic carbocycles. The lowest BCUT2D eigenvalue weighted by molar-refractivity contribution is 0.0951. The minimum Gasteiger partial charge on any atom is -0.398 e. The van der Waals surface area contributed by atoms with Crippen LogP contribution in [0.3, 0.4) is 0 Å². The third-order valence-electron chi connectivity index (χ3n) is 2.27. The van der Waals surface area contributed by atoms with Gasteiger partial charge in [-0.1, -0.05) is 11.3 Å². The highest BCUT2D eigenvalue weighted by atomic mass is 32.1. The molecule has 1 aromatic heterocycles. The van der Waals surface area contributed by atoms with Crippen LogP contribution in [0.15, 0.2) is 28.4 Å². The first kappa shape index (κ1) is 12.3. The van der Waals surface area contributed by atoms with E-state index in [2.05, 4.69) is 10.3 Å². The summed E-state index contributed by atoms with van der Waals surface area (Å²) < 4.78 is 12.8. The van der Waals surface area contributed by atoms with Gasteiger partial charge in [-0.25, -0.2) is 4.39 Å². The molecular weight excluding hydrogens is 257 g/mol. The number of thiazole rings is 1. The number of anilines is 1. The normalized spacial score (nSPS) is 10.3. The molecule has 0 unspecified atom stereocenters. The number of hydrogen-bond donors (Lipinski definition) is 3. The predicted molar refractivity (Wildman–Crippen MR) is 66.9 cm³/mol. The molecule has 0 bridgehead atoms. The topological polar surface area (TPSA) is 88.0 Å². The van der Waals surface area contributed by atoms with Crippen molar-refractivity contribution in [2.45, 2.75) is 6.54 Å². The molecule has 18 heavy (non-hydrogen) atoms. The zero-order valence-corrected chi connectivity index (χ0v) is 10.0. The Morgan fingerprint density at radius 2 is 2.28 bits per heavy atom. The molecule has 0 atom stereocenters. The van der Waals surface area contributed by atoms with Crippen LogP contribution in [0, 0.1) is 5.82 Å². The number of nitrogens with two attached hydrogens (primary N) is 1. The maximum Gasteiger partial charge on any atom is 0.304 e. The molecule has 5 nitrogen and oxygen atoms in total. The van der Waals surface area contributed by atoms with Crippen LogP contribution in [-0.4, -0.2) is 10.9 Å². The fraction of sp³-hybridized carbons (Fsp3) is 0.0909. The molecule has 1 heterocycles. The standard InChI is InChI=1S/C11H10FN3O2S/c12-6-1-2-8(9(13)3-6)10(16)14-4-7-5-18-11(17)15-7/h1-3,5H,4,13H2,(H,14,16)(H,15,17). The van der Waals surface area contributed by atoms with Crippen molar-refractivity contribution in [3.8, 4) is 0 Å². The summed E-state index contributed by atoms with van der Waals surface area (Å²) in [7, 11) is 0. The summed E-state index contributed by atoms with van der Waals surface area (Å²) in [6.07, 6.45) is 0. The van der Waals surface area contributed by atoms with Gasteiger partial charge in [0.15, 0.2) is 0 Å². The van der Waals surface area contributed by atoms with Gasteiger partial charge < -0.3 is 16.0 Å². The van der Waals surface area contributed by atoms with E-state index in [1.807, 2.05) is 0 Å². The number of nitrogens with one attached hydrogen (secondary N) is 2. The van der Waals surface area contributed by atoms with Crippen molar-refractivity contribution < 1.29 is 9.18 Å². The molecule has 0 saturated heterocycles. The number of carbonyl (C=O) groups excluding carboxylic acids is 1. The van der Waals surface area contributed by atoms with E-state index in [0.717, 1.165) is 23.5 Å². The minimum absolute atomic E-state index is 0.0753. The summed E-state index contributed by atoms with van der Waals surface area (Å²) in [5.41, 5.74) is 6.43. The van der Waals surface area contributed by atoms with Crippen LogP contribution >= 0.6 is 11.3 Å². The van der Waals surface area contributed by atoms with Crippen LogP contribution in [0.1, 0.15) is 16.1 Å². The molecular formula is C11H10FN3O2S. The molecule has 94 valence electrons. The van der Waals surface area contributed by atoms with E-state index in [1.165, 1.54) is 6.07 Å². The van der Waals surface area contributed by atoms with Gasteiger partial charge in [0.2, 0.25) is 0 Å². The van der Waals surface area contributed by atoms with Crippen molar-refractivity contribution in [3.63, 3.8) is 0 Å². The van der Waals surface area contributed by atoms with Crippen molar-refractivity contribution in [2.75, 3.05) is 5.73 Å². The average Bonchev–Trinajstić information content (AvgIpc) is 2.72. The number of carbonyl (C=O) groups is 1. The number of nitrogen functional groups attached to an aromatic ring is 1. The Hall–Kier alpha value is -2.15. The van der Waals surface area contributed by atoms with Crippen LogP contribution in [0.5, 0.6) is 0 Å². The second kappa shape index (κ2) is 5.01. The van der Waals surface area contributed by atoms with Gasteiger partial charge in [-0.3, -0.25) is 9.59 Å². The predicted octanol–water partition coefficient (Wildman–Crippen LogP) is 1.09. The number of hydrogen-bond acceptors (Lipinski definition) is 4. The molecule has 0 aliphatic heterocycles. The van der Waals surface area contributed by atoms with E-state index >= 15 is 0 Å². The molecule has 1 aromatic carbocycles. The molecule has 1 amide bonds. The smallest absolute Gasteiger partial charge is 0.304 e. The Morgan fingerprint density at radius 3 is 2.89 bits per heavy atom. The lowest BCUT2D eigenvalue weighted by atomic mass is 10.1. The highest BCUT2D eigenvalue weighted by molar-refractivity contribution is 7.07. The number of amides is 1. The summed E-state index contributed by atoms with van der Waals surface area (Å²) in [5, 5.41) is 4.21. The van der Waals surface area contributed by atoms with Crippen LogP contribution < -0.4 is 15.9 Å². The number of aromatic nitrogens is 1. The SMILES string of the molecule is Nc1cc(F)ccc1C(=O)NCc1csc(=O)[nH]1. The molecule has 0 radical (unpaired) electrons. The summed E-state index contributed by atoms with van der Waals surface area (Å²) >= 11 is 1.02. The number of rotatable bonds is 3. The van der Waals surface area contributed by atoms with Crippen molar-refractivity contribution in [2.24, 2.45) is 0 Å². The van der Waals surface area contributed by atoms with Crippen molar-refractivity contribution in [3.05, 3.63) is 50.3 Å². The van der Waals surface area contributed by atoms with Crippen molar-refractivity contribution in [1.29, 1.82) is 0 Å². The van der Waals surface area contributed by atoms with E-state index in [9.17, 15) is 14.0 Å². The molecule has 7 heteroatoms. The first-order valence-electron chi connectivity index (χ1n) is 5.06. The molecule has 0 fully saturated rings. The quantitative estimate of drug-likeness (QED) is 0.727. The second-order valence-electron chi connectivity index (χ2n) is 3.59. The van der Waals surface area contributed by atoms with Gasteiger partial charge in [0.25, 0.3) is 5.91 Å². The maximum absolute atomic E-state index is 12.8. The molecule has 0 aliphatic rings. The maximum atomic E-state index is 12.8. The molecule has 2 aromatic rings. The number of benzene rings is 1. The third kappa shape index (κ3) is 2.75. The first-order valence-corrected chi connectivity index (χ1v) is 5.94. The fourth-order valence-corrected chi connectivity index (χ4v) is 1.99. The lowest BCUT2D eigenvalue weighted by Gasteiger charge is -2.06. The van der Waals surface area contributed by atoms with Crippen molar-refractivity contribution in [1.82, 2.24) is 10.3 Å². The zero-order valence-electron chi connectivity index (χ0n) is 9.20. The highest BCUT2D eigenvalue weighted by Crippen LogP contribution is 2.13. The van der Waals surface area contributed by atoms with Gasteiger partial charge >= 0.3 is 4.87 Å². The summed E-state index contributed by atoms with van der Waals surface area (Å²) in [4.78, 5) is 25.0.